The Morgan fingerprint density at radius 2 is 1.80 bits per heavy atom. The fourth-order valence-electron chi connectivity index (χ4n) is 2.26. The Kier molecular flexibility index (Phi) is 3.29. The lowest BCUT2D eigenvalue weighted by Gasteiger charge is -2.24. The number of hydrogen-bond donors (Lipinski definition) is 2. The molecule has 1 heterocycles. The van der Waals surface area contributed by atoms with Crippen LogP contribution in [-0.2, 0) is 25.7 Å². The Morgan fingerprint density at radius 1 is 1.20 bits per heavy atom. The van der Waals surface area contributed by atoms with E-state index in [1.165, 1.54) is 18.2 Å². The second kappa shape index (κ2) is 4.35. The van der Waals surface area contributed by atoms with E-state index in [0.29, 0.717) is 17.0 Å². The normalized spacial score (nSPS) is 22.5. The van der Waals surface area contributed by atoms with Crippen molar-refractivity contribution < 1.29 is 25.9 Å². The molecule has 2 rings (SSSR count). The van der Waals surface area contributed by atoms with Crippen LogP contribution in [0.1, 0.15) is 19.4 Å². The highest BCUT2D eigenvalue weighted by molar-refractivity contribution is 7.86. The Bertz CT molecular complexity index is 809. The van der Waals surface area contributed by atoms with E-state index in [2.05, 4.69) is 4.99 Å². The summed E-state index contributed by atoms with van der Waals surface area (Å²) < 4.78 is 62.8. The number of nitrogens with zero attached hydrogens (tertiary/aromatic N) is 1. The van der Waals surface area contributed by atoms with Crippen molar-refractivity contribution in [2.24, 2.45) is 4.99 Å². The van der Waals surface area contributed by atoms with Crippen LogP contribution in [0.3, 0.4) is 0 Å². The van der Waals surface area contributed by atoms with Crippen molar-refractivity contribution in [1.82, 2.24) is 0 Å². The topological polar surface area (TPSA) is 121 Å². The van der Waals surface area contributed by atoms with Crippen LogP contribution in [0.4, 0.5) is 5.69 Å². The third-order valence-electron chi connectivity index (χ3n) is 3.42. The van der Waals surface area contributed by atoms with Crippen molar-refractivity contribution in [1.29, 1.82) is 0 Å². The molecule has 110 valence electrons. The van der Waals surface area contributed by atoms with Crippen LogP contribution in [0.5, 0.6) is 0 Å². The molecule has 1 aliphatic rings. The second-order valence-corrected chi connectivity index (χ2v) is 7.78. The number of aliphatic imine (C=N–C) groups is 1. The Labute approximate surface area is 116 Å². The molecule has 0 fully saturated rings. The van der Waals surface area contributed by atoms with Gasteiger partial charge in [-0.2, -0.15) is 16.8 Å². The fourth-order valence-corrected chi connectivity index (χ4v) is 3.86. The molecule has 20 heavy (non-hydrogen) atoms. The molecule has 1 aromatic carbocycles. The van der Waals surface area contributed by atoms with Crippen molar-refractivity contribution in [3.05, 3.63) is 23.8 Å². The first kappa shape index (κ1) is 15.1. The molecule has 2 N–H and O–H groups in total. The van der Waals surface area contributed by atoms with Gasteiger partial charge in [-0.15, -0.1) is 0 Å². The number of fused-ring (bicyclic) bond motifs is 1. The van der Waals surface area contributed by atoms with Gasteiger partial charge in [0, 0.05) is 11.1 Å². The maximum atomic E-state index is 11.2. The van der Waals surface area contributed by atoms with Gasteiger partial charge in [-0.05, 0) is 37.6 Å². The molecule has 7 nitrogen and oxygen atoms in total. The third-order valence-corrected chi connectivity index (χ3v) is 5.21. The lowest BCUT2D eigenvalue weighted by atomic mass is 9.82. The molecule has 9 heteroatoms. The van der Waals surface area contributed by atoms with Crippen molar-refractivity contribution in [3.8, 4) is 0 Å². The highest BCUT2D eigenvalue weighted by Gasteiger charge is 2.41. The van der Waals surface area contributed by atoms with E-state index in [1.54, 1.807) is 13.8 Å². The van der Waals surface area contributed by atoms with Gasteiger partial charge >= 0.3 is 0 Å². The quantitative estimate of drug-likeness (QED) is 0.807. The first-order valence-corrected chi connectivity index (χ1v) is 8.61. The highest BCUT2D eigenvalue weighted by atomic mass is 32.2. The van der Waals surface area contributed by atoms with Crippen molar-refractivity contribution in [2.45, 2.75) is 24.2 Å². The maximum absolute atomic E-state index is 11.2. The molecule has 1 unspecified atom stereocenters. The fraction of sp³-hybridized carbons (Fsp3) is 0.364. The summed E-state index contributed by atoms with van der Waals surface area (Å²) in [7, 11) is -8.68. The lowest BCUT2D eigenvalue weighted by Crippen LogP contribution is -2.35. The van der Waals surface area contributed by atoms with E-state index >= 15 is 0 Å². The monoisotopic (exact) mass is 319 g/mol. The molecule has 0 saturated heterocycles. The van der Waals surface area contributed by atoms with Gasteiger partial charge in [0.2, 0.25) is 0 Å². The van der Waals surface area contributed by atoms with Crippen LogP contribution < -0.4 is 0 Å². The summed E-state index contributed by atoms with van der Waals surface area (Å²) in [6.45, 7) is 3.14. The summed E-state index contributed by atoms with van der Waals surface area (Å²) in [4.78, 5) is 3.83. The van der Waals surface area contributed by atoms with E-state index in [-0.39, 0.29) is 4.90 Å². The van der Waals surface area contributed by atoms with Crippen molar-refractivity contribution in [2.75, 3.05) is 5.75 Å². The van der Waals surface area contributed by atoms with Gasteiger partial charge in [-0.1, -0.05) is 0 Å². The molecule has 0 saturated carbocycles. The Morgan fingerprint density at radius 3 is 2.30 bits per heavy atom. The van der Waals surface area contributed by atoms with Gasteiger partial charge in [-0.25, -0.2) is 0 Å². The van der Waals surface area contributed by atoms with Gasteiger partial charge in [0.25, 0.3) is 20.2 Å². The Hall–Kier alpha value is -1.29. The minimum atomic E-state index is -4.40. The smallest absolute Gasteiger partial charge is 0.286 e. The van der Waals surface area contributed by atoms with Gasteiger partial charge in [0.05, 0.1) is 16.3 Å². The Balaban J connectivity index is 2.65. The number of rotatable bonds is 3. The molecule has 0 bridgehead atoms. The van der Waals surface area contributed by atoms with Gasteiger partial charge in [0.15, 0.2) is 0 Å². The molecule has 1 aromatic rings. The SMILES string of the molecule is CC1=Nc2ccc(S(=O)(=O)O)cc2C1(C)CS(=O)(=O)O. The zero-order valence-electron chi connectivity index (χ0n) is 10.7. The average molecular weight is 319 g/mol. The third kappa shape index (κ3) is 2.62. The summed E-state index contributed by atoms with van der Waals surface area (Å²) in [6.07, 6.45) is 0. The van der Waals surface area contributed by atoms with Gasteiger partial charge < -0.3 is 0 Å². The standard InChI is InChI=1S/C11H13NO6S2/c1-7-11(2,6-19(13,14)15)9-5-8(20(16,17)18)3-4-10(9)12-7/h3-5H,6H2,1-2H3,(H,13,14,15)(H,16,17,18). The number of benzene rings is 1. The lowest BCUT2D eigenvalue weighted by molar-refractivity contribution is 0.473. The van der Waals surface area contributed by atoms with E-state index in [4.69, 9.17) is 9.11 Å². The summed E-state index contributed by atoms with van der Waals surface area (Å²) in [5.74, 6) is -0.614. The van der Waals surface area contributed by atoms with Gasteiger partial charge in [0.1, 0.15) is 0 Å². The van der Waals surface area contributed by atoms with E-state index in [1.807, 2.05) is 0 Å². The molecule has 0 radical (unpaired) electrons. The average Bonchev–Trinajstić information content (AvgIpc) is 2.47. The number of hydrogen-bond acceptors (Lipinski definition) is 5. The molecular weight excluding hydrogens is 306 g/mol. The van der Waals surface area contributed by atoms with E-state index in [0.717, 1.165) is 0 Å². The summed E-state index contributed by atoms with van der Waals surface area (Å²) in [5.41, 5.74) is 0.0605. The highest BCUT2D eigenvalue weighted by Crippen LogP contribution is 2.41. The first-order chi connectivity index (χ1) is 8.93. The largest absolute Gasteiger partial charge is 0.294 e. The van der Waals surface area contributed by atoms with Crippen LogP contribution in [0.15, 0.2) is 28.1 Å². The minimum absolute atomic E-state index is 0.336. The van der Waals surface area contributed by atoms with Crippen LogP contribution in [-0.4, -0.2) is 37.4 Å². The second-order valence-electron chi connectivity index (χ2n) is 4.91. The molecule has 1 atom stereocenters. The van der Waals surface area contributed by atoms with Crippen LogP contribution >= 0.6 is 0 Å². The molecule has 0 spiro atoms. The molecule has 1 aliphatic heterocycles. The molecular formula is C11H13NO6S2. The van der Waals surface area contributed by atoms with Gasteiger partial charge in [-0.3, -0.25) is 14.1 Å². The summed E-state index contributed by atoms with van der Waals surface area (Å²) in [6, 6.07) is 3.75. The zero-order valence-corrected chi connectivity index (χ0v) is 12.4. The van der Waals surface area contributed by atoms with Crippen LogP contribution in [0.25, 0.3) is 0 Å². The van der Waals surface area contributed by atoms with Crippen molar-refractivity contribution >= 4 is 31.6 Å². The molecule has 0 aromatic heterocycles. The predicted octanol–water partition coefficient (Wildman–Crippen LogP) is 1.18. The molecule has 0 aliphatic carbocycles. The first-order valence-electron chi connectivity index (χ1n) is 5.56. The molecule has 0 amide bonds. The van der Waals surface area contributed by atoms with E-state index < -0.39 is 31.4 Å². The zero-order chi connectivity index (χ0) is 15.3. The summed E-state index contributed by atoms with van der Waals surface area (Å²) >= 11 is 0. The maximum Gasteiger partial charge on any atom is 0.294 e. The van der Waals surface area contributed by atoms with Crippen LogP contribution in [0.2, 0.25) is 0 Å². The predicted molar refractivity (Wildman–Crippen MR) is 72.8 cm³/mol. The summed E-state index contributed by atoms with van der Waals surface area (Å²) in [5, 5.41) is 0. The van der Waals surface area contributed by atoms with E-state index in [9.17, 15) is 16.8 Å². The van der Waals surface area contributed by atoms with Crippen molar-refractivity contribution in [3.63, 3.8) is 0 Å². The van der Waals surface area contributed by atoms with Crippen LogP contribution in [0, 0.1) is 0 Å². The minimum Gasteiger partial charge on any atom is -0.286 e.